The molecule has 0 unspecified atom stereocenters. The average Bonchev–Trinajstić information content (AvgIpc) is 2.36. The molecule has 0 saturated carbocycles. The lowest BCUT2D eigenvalue weighted by molar-refractivity contribution is 0.269. The fourth-order valence-corrected chi connectivity index (χ4v) is 2.12. The van der Waals surface area contributed by atoms with Crippen LogP contribution in [0.5, 0.6) is 0 Å². The predicted octanol–water partition coefficient (Wildman–Crippen LogP) is 4.94. The molecule has 6 heteroatoms. The SMILES string of the molecule is O=C(Nc1ccc(Cl)cc1)Sc1ccc(F)cc1F. The minimum Gasteiger partial charge on any atom is -0.317 e. The van der Waals surface area contributed by atoms with Gasteiger partial charge in [0.15, 0.2) is 0 Å². The molecule has 1 amide bonds. The summed E-state index contributed by atoms with van der Waals surface area (Å²) >= 11 is 6.36. The molecule has 19 heavy (non-hydrogen) atoms. The first-order chi connectivity index (χ1) is 9.04. The van der Waals surface area contributed by atoms with Gasteiger partial charge >= 0.3 is 0 Å². The number of rotatable bonds is 2. The molecular weight excluding hydrogens is 292 g/mol. The van der Waals surface area contributed by atoms with E-state index in [0.29, 0.717) is 22.5 Å². The van der Waals surface area contributed by atoms with Gasteiger partial charge in [0, 0.05) is 16.8 Å². The van der Waals surface area contributed by atoms with Crippen molar-refractivity contribution >= 4 is 34.3 Å². The summed E-state index contributed by atoms with van der Waals surface area (Å²) in [6.45, 7) is 0. The summed E-state index contributed by atoms with van der Waals surface area (Å²) in [6.07, 6.45) is 0. The first-order valence-corrected chi connectivity index (χ1v) is 6.43. The number of nitrogens with one attached hydrogen (secondary N) is 1. The Morgan fingerprint density at radius 2 is 1.79 bits per heavy atom. The highest BCUT2D eigenvalue weighted by molar-refractivity contribution is 8.13. The number of benzene rings is 2. The Morgan fingerprint density at radius 1 is 1.11 bits per heavy atom. The second-order valence-corrected chi connectivity index (χ2v) is 5.05. The molecule has 0 fully saturated rings. The summed E-state index contributed by atoms with van der Waals surface area (Å²) in [6, 6.07) is 9.56. The van der Waals surface area contributed by atoms with Gasteiger partial charge in [-0.25, -0.2) is 8.78 Å². The number of halogens is 3. The van der Waals surface area contributed by atoms with E-state index < -0.39 is 16.9 Å². The van der Waals surface area contributed by atoms with Crippen molar-refractivity contribution in [2.75, 3.05) is 5.32 Å². The quantitative estimate of drug-likeness (QED) is 0.796. The molecule has 0 spiro atoms. The summed E-state index contributed by atoms with van der Waals surface area (Å²) in [4.78, 5) is 11.7. The molecule has 0 aliphatic rings. The zero-order valence-corrected chi connectivity index (χ0v) is 11.1. The zero-order chi connectivity index (χ0) is 13.8. The zero-order valence-electron chi connectivity index (χ0n) is 9.49. The molecular formula is C13H8ClF2NOS. The predicted molar refractivity (Wildman–Crippen MR) is 72.7 cm³/mol. The van der Waals surface area contributed by atoms with Gasteiger partial charge in [0.1, 0.15) is 11.6 Å². The highest BCUT2D eigenvalue weighted by Gasteiger charge is 2.10. The maximum atomic E-state index is 13.3. The van der Waals surface area contributed by atoms with E-state index in [-0.39, 0.29) is 4.90 Å². The Bertz CT molecular complexity index is 604. The minimum atomic E-state index is -0.767. The average molecular weight is 300 g/mol. The molecule has 2 nitrogen and oxygen atoms in total. The lowest BCUT2D eigenvalue weighted by Gasteiger charge is -2.05. The van der Waals surface area contributed by atoms with Crippen LogP contribution in [0.4, 0.5) is 19.3 Å². The Morgan fingerprint density at radius 3 is 2.42 bits per heavy atom. The van der Waals surface area contributed by atoms with Crippen molar-refractivity contribution in [1.82, 2.24) is 0 Å². The lowest BCUT2D eigenvalue weighted by atomic mass is 10.3. The van der Waals surface area contributed by atoms with E-state index >= 15 is 0 Å². The Kier molecular flexibility index (Phi) is 4.39. The normalized spacial score (nSPS) is 10.3. The van der Waals surface area contributed by atoms with E-state index in [0.717, 1.165) is 12.1 Å². The minimum absolute atomic E-state index is 0.0628. The highest BCUT2D eigenvalue weighted by atomic mass is 35.5. The molecule has 2 aromatic carbocycles. The number of anilines is 1. The van der Waals surface area contributed by atoms with Crippen molar-refractivity contribution in [1.29, 1.82) is 0 Å². The smallest absolute Gasteiger partial charge is 0.288 e. The number of amides is 1. The second kappa shape index (κ2) is 6.04. The number of carbonyl (C=O) groups excluding carboxylic acids is 1. The van der Waals surface area contributed by atoms with Crippen LogP contribution in [0.3, 0.4) is 0 Å². The number of hydrogen-bond donors (Lipinski definition) is 1. The van der Waals surface area contributed by atoms with Crippen LogP contribution in [0.1, 0.15) is 0 Å². The maximum absolute atomic E-state index is 13.3. The van der Waals surface area contributed by atoms with E-state index in [1.54, 1.807) is 24.3 Å². The number of hydrogen-bond acceptors (Lipinski definition) is 2. The van der Waals surface area contributed by atoms with Gasteiger partial charge in [-0.1, -0.05) is 11.6 Å². The van der Waals surface area contributed by atoms with Crippen LogP contribution in [0.25, 0.3) is 0 Å². The number of thioether (sulfide) groups is 1. The van der Waals surface area contributed by atoms with E-state index in [9.17, 15) is 13.6 Å². The topological polar surface area (TPSA) is 29.1 Å². The lowest BCUT2D eigenvalue weighted by Crippen LogP contribution is -2.04. The van der Waals surface area contributed by atoms with E-state index in [1.165, 1.54) is 6.07 Å². The molecule has 1 N–H and O–H groups in total. The Labute approximate surface area is 117 Å². The molecule has 0 bridgehead atoms. The van der Waals surface area contributed by atoms with Crippen LogP contribution < -0.4 is 5.32 Å². The first-order valence-electron chi connectivity index (χ1n) is 5.24. The molecule has 0 aliphatic carbocycles. The second-order valence-electron chi connectivity index (χ2n) is 3.60. The van der Waals surface area contributed by atoms with Gasteiger partial charge in [-0.2, -0.15) is 0 Å². The van der Waals surface area contributed by atoms with Gasteiger partial charge in [-0.05, 0) is 48.2 Å². The monoisotopic (exact) mass is 299 g/mol. The summed E-state index contributed by atoms with van der Waals surface area (Å²) in [5.41, 5.74) is 0.546. The Balaban J connectivity index is 2.03. The molecule has 0 heterocycles. The molecule has 98 valence electrons. The summed E-state index contributed by atoms with van der Waals surface area (Å²) < 4.78 is 26.1. The highest BCUT2D eigenvalue weighted by Crippen LogP contribution is 2.24. The third kappa shape index (κ3) is 3.94. The van der Waals surface area contributed by atoms with Crippen LogP contribution >= 0.6 is 23.4 Å². The van der Waals surface area contributed by atoms with Crippen molar-refractivity contribution < 1.29 is 13.6 Å². The molecule has 0 aliphatic heterocycles. The Hall–Kier alpha value is -1.59. The van der Waals surface area contributed by atoms with Crippen LogP contribution in [0.2, 0.25) is 5.02 Å². The summed E-state index contributed by atoms with van der Waals surface area (Å²) in [5.74, 6) is -1.45. The van der Waals surface area contributed by atoms with Crippen LogP contribution in [-0.2, 0) is 0 Å². The van der Waals surface area contributed by atoms with Crippen molar-refractivity contribution in [3.05, 3.63) is 59.1 Å². The van der Waals surface area contributed by atoms with Crippen molar-refractivity contribution in [2.45, 2.75) is 4.90 Å². The van der Waals surface area contributed by atoms with Gasteiger partial charge in [-0.3, -0.25) is 4.79 Å². The van der Waals surface area contributed by atoms with Crippen LogP contribution in [-0.4, -0.2) is 5.24 Å². The number of carbonyl (C=O) groups is 1. The molecule has 0 atom stereocenters. The van der Waals surface area contributed by atoms with Gasteiger partial charge in [0.05, 0.1) is 4.90 Å². The fourth-order valence-electron chi connectivity index (χ4n) is 1.33. The first kappa shape index (κ1) is 13.8. The van der Waals surface area contributed by atoms with E-state index in [1.807, 2.05) is 0 Å². The van der Waals surface area contributed by atoms with Crippen LogP contribution in [0, 0.1) is 11.6 Å². The van der Waals surface area contributed by atoms with Gasteiger partial charge in [0.2, 0.25) is 0 Å². The van der Waals surface area contributed by atoms with Crippen molar-refractivity contribution in [3.8, 4) is 0 Å². The summed E-state index contributed by atoms with van der Waals surface area (Å²) in [7, 11) is 0. The fraction of sp³-hybridized carbons (Fsp3) is 0. The molecule has 2 rings (SSSR count). The van der Waals surface area contributed by atoms with Crippen molar-refractivity contribution in [3.63, 3.8) is 0 Å². The van der Waals surface area contributed by atoms with Crippen LogP contribution in [0.15, 0.2) is 47.4 Å². The molecule has 0 aromatic heterocycles. The van der Waals surface area contributed by atoms with Gasteiger partial charge < -0.3 is 5.32 Å². The van der Waals surface area contributed by atoms with E-state index in [2.05, 4.69) is 5.32 Å². The maximum Gasteiger partial charge on any atom is 0.288 e. The van der Waals surface area contributed by atoms with Gasteiger partial charge in [0.25, 0.3) is 5.24 Å². The van der Waals surface area contributed by atoms with E-state index in [4.69, 9.17) is 11.6 Å². The largest absolute Gasteiger partial charge is 0.317 e. The molecule has 0 saturated heterocycles. The third-order valence-corrected chi connectivity index (χ3v) is 3.28. The standard InChI is InChI=1S/C13H8ClF2NOS/c14-8-1-4-10(5-2-8)17-13(18)19-12-6-3-9(15)7-11(12)16/h1-7H,(H,17,18). The molecule has 2 aromatic rings. The molecule has 0 radical (unpaired) electrons. The van der Waals surface area contributed by atoms with Crippen molar-refractivity contribution in [2.24, 2.45) is 0 Å². The third-order valence-electron chi connectivity index (χ3n) is 2.19. The summed E-state index contributed by atoms with van der Waals surface area (Å²) in [5, 5.41) is 2.65. The van der Waals surface area contributed by atoms with Gasteiger partial charge in [-0.15, -0.1) is 0 Å².